The number of hydrogen-bond acceptors (Lipinski definition) is 10. The maximum Gasteiger partial charge on any atom is 0.524 e. The molecule has 0 amide bonds. The molecule has 0 saturated carbocycles. The molecule has 2 aromatic carbocycles. The molecule has 2 aliphatic rings. The van der Waals surface area contributed by atoms with Crippen molar-refractivity contribution in [2.45, 2.75) is 37.8 Å². The molecular weight excluding hydrogens is 587 g/mol. The Kier molecular flexibility index (Phi) is 14.3. The quantitative estimate of drug-likeness (QED) is 0.166. The van der Waals surface area contributed by atoms with Gasteiger partial charge in [0, 0.05) is 0 Å². The van der Waals surface area contributed by atoms with Crippen LogP contribution < -0.4 is 34.1 Å². The average Bonchev–Trinajstić information content (AvgIpc) is 3.71. The van der Waals surface area contributed by atoms with Crippen molar-refractivity contribution in [1.82, 2.24) is 10.6 Å². The van der Waals surface area contributed by atoms with E-state index in [0.29, 0.717) is 22.8 Å². The largest absolute Gasteiger partial charge is 0.524 e. The first kappa shape index (κ1) is 35.4. The molecule has 0 radical (unpaired) electrons. The van der Waals surface area contributed by atoms with Gasteiger partial charge in [0.15, 0.2) is 23.0 Å². The number of carboxylic acid groups (broad SMARTS) is 2. The Morgan fingerprint density at radius 3 is 1.56 bits per heavy atom. The maximum atomic E-state index is 11.1. The van der Waals surface area contributed by atoms with E-state index in [2.05, 4.69) is 15.2 Å². The molecule has 2 unspecified atom stereocenters. The highest BCUT2D eigenvalue weighted by molar-refractivity contribution is 7.46. The number of rotatable bonds is 10. The number of aliphatic carboxylic acids is 2. The second kappa shape index (κ2) is 17.3. The Morgan fingerprint density at radius 2 is 1.21 bits per heavy atom. The van der Waals surface area contributed by atoms with Crippen LogP contribution in [0.3, 0.4) is 0 Å². The smallest absolute Gasteiger partial charge is 0.493 e. The van der Waals surface area contributed by atoms with Crippen LogP contribution in [0.2, 0.25) is 0 Å². The lowest BCUT2D eigenvalue weighted by Gasteiger charge is -2.13. The lowest BCUT2D eigenvalue weighted by molar-refractivity contribution is -0.140. The first-order valence-corrected chi connectivity index (χ1v) is 14.8. The van der Waals surface area contributed by atoms with Crippen molar-refractivity contribution in [3.63, 3.8) is 0 Å². The summed E-state index contributed by atoms with van der Waals surface area (Å²) in [5, 5.41) is 22.4. The van der Waals surface area contributed by atoms with Gasteiger partial charge < -0.3 is 44.3 Å². The van der Waals surface area contributed by atoms with E-state index in [1.54, 1.807) is 36.4 Å². The number of methoxy groups -OCH3 is 4. The van der Waals surface area contributed by atoms with Crippen LogP contribution in [0.5, 0.6) is 28.7 Å². The van der Waals surface area contributed by atoms with E-state index >= 15 is 0 Å². The summed E-state index contributed by atoms with van der Waals surface area (Å²) >= 11 is 0. The second-order valence-corrected chi connectivity index (χ2v) is 10.4. The molecule has 15 heteroatoms. The standard InChI is InChI=1S/C18H21O8P.2C5H9NO2/c1-22-14-8-7-12(9-15(14)26-27(19,20)21)5-6-13-10-16(23-2)18(25-4)17(11-13)24-3;2*7-5(8)4-2-1-3-6-4/h5-11H,1-4H3,(H2,19,20,21);2*4,6H,1-3H2,(H,7,8)/b6-5-;;. The summed E-state index contributed by atoms with van der Waals surface area (Å²) in [5.41, 5.74) is 1.42. The van der Waals surface area contributed by atoms with Crippen molar-refractivity contribution < 1.29 is 57.6 Å². The summed E-state index contributed by atoms with van der Waals surface area (Å²) < 4.78 is 36.8. The van der Waals surface area contributed by atoms with Gasteiger partial charge >= 0.3 is 19.8 Å². The number of hydrogen-bond donors (Lipinski definition) is 6. The monoisotopic (exact) mass is 626 g/mol. The molecule has 0 bridgehead atoms. The maximum absolute atomic E-state index is 11.1. The van der Waals surface area contributed by atoms with Crippen molar-refractivity contribution in [1.29, 1.82) is 0 Å². The zero-order valence-corrected chi connectivity index (χ0v) is 25.3. The number of carbonyl (C=O) groups is 2. The minimum absolute atomic E-state index is 0.0575. The molecule has 0 aliphatic carbocycles. The molecule has 4 rings (SSSR count). The predicted molar refractivity (Wildman–Crippen MR) is 158 cm³/mol. The molecule has 43 heavy (non-hydrogen) atoms. The van der Waals surface area contributed by atoms with E-state index < -0.39 is 19.8 Å². The average molecular weight is 627 g/mol. The van der Waals surface area contributed by atoms with Crippen LogP contribution in [0.1, 0.15) is 36.8 Å². The first-order chi connectivity index (χ1) is 20.4. The highest BCUT2D eigenvalue weighted by Crippen LogP contribution is 2.42. The minimum atomic E-state index is -4.71. The topological polar surface area (TPSA) is 202 Å². The normalized spacial score (nSPS) is 17.6. The van der Waals surface area contributed by atoms with Crippen LogP contribution in [0.4, 0.5) is 0 Å². The van der Waals surface area contributed by atoms with Crippen LogP contribution in [0.15, 0.2) is 30.3 Å². The molecule has 2 aromatic rings. The van der Waals surface area contributed by atoms with Gasteiger partial charge in [0.1, 0.15) is 12.1 Å². The summed E-state index contributed by atoms with van der Waals surface area (Å²) in [6.07, 6.45) is 7.10. The number of ether oxygens (including phenoxy) is 4. The van der Waals surface area contributed by atoms with E-state index in [9.17, 15) is 14.2 Å². The minimum Gasteiger partial charge on any atom is -0.493 e. The van der Waals surface area contributed by atoms with E-state index in [1.807, 2.05) is 0 Å². The molecule has 2 aliphatic heterocycles. The highest BCUT2D eigenvalue weighted by Gasteiger charge is 2.21. The zero-order valence-electron chi connectivity index (χ0n) is 24.4. The molecular formula is C28H39N2O12P. The van der Waals surface area contributed by atoms with E-state index in [4.69, 9.17) is 38.9 Å². The van der Waals surface area contributed by atoms with Crippen LogP contribution in [0.25, 0.3) is 12.2 Å². The van der Waals surface area contributed by atoms with Crippen molar-refractivity contribution in [3.8, 4) is 28.7 Å². The molecule has 14 nitrogen and oxygen atoms in total. The fraction of sp³-hybridized carbons (Fsp3) is 0.429. The number of phosphoric ester groups is 1. The van der Waals surface area contributed by atoms with Crippen LogP contribution in [-0.2, 0) is 14.2 Å². The van der Waals surface area contributed by atoms with Crippen molar-refractivity contribution in [2.75, 3.05) is 41.5 Å². The fourth-order valence-electron chi connectivity index (χ4n) is 4.18. The predicted octanol–water partition coefficient (Wildman–Crippen LogP) is 3.01. The summed E-state index contributed by atoms with van der Waals surface area (Å²) in [5.74, 6) is 0.221. The van der Waals surface area contributed by atoms with Gasteiger partial charge in [0.25, 0.3) is 0 Å². The van der Waals surface area contributed by atoms with Gasteiger partial charge in [-0.25, -0.2) is 4.57 Å². The van der Waals surface area contributed by atoms with Crippen LogP contribution in [-0.4, -0.2) is 85.6 Å². The summed E-state index contributed by atoms with van der Waals surface area (Å²) in [7, 11) is 1.26. The summed E-state index contributed by atoms with van der Waals surface area (Å²) in [6.45, 7) is 1.72. The van der Waals surface area contributed by atoms with Crippen molar-refractivity contribution >= 4 is 31.9 Å². The third-order valence-electron chi connectivity index (χ3n) is 6.28. The molecule has 2 atom stereocenters. The highest BCUT2D eigenvalue weighted by atomic mass is 31.2. The van der Waals surface area contributed by atoms with Crippen molar-refractivity contribution in [3.05, 3.63) is 41.5 Å². The molecule has 6 N–H and O–H groups in total. The van der Waals surface area contributed by atoms with Gasteiger partial charge in [-0.15, -0.1) is 0 Å². The van der Waals surface area contributed by atoms with Gasteiger partial charge in [-0.05, 0) is 74.2 Å². The molecule has 238 valence electrons. The molecule has 0 aromatic heterocycles. The third kappa shape index (κ3) is 11.8. The summed E-state index contributed by atoms with van der Waals surface area (Å²) in [6, 6.07) is 7.75. The number of phosphoric acid groups is 1. The lowest BCUT2D eigenvalue weighted by atomic mass is 10.1. The van der Waals surface area contributed by atoms with Crippen molar-refractivity contribution in [2.24, 2.45) is 0 Å². The fourth-order valence-corrected chi connectivity index (χ4v) is 4.58. The van der Waals surface area contributed by atoms with Gasteiger partial charge in [-0.3, -0.25) is 19.4 Å². The van der Waals surface area contributed by atoms with Gasteiger partial charge in [-0.1, -0.05) is 18.2 Å². The SMILES string of the molecule is COc1ccc(/C=C\c2cc(OC)c(OC)c(OC)c2)cc1OP(=O)(O)O.O=C(O)C1CCCN1.O=C(O)C1CCCN1. The molecule has 2 fully saturated rings. The summed E-state index contributed by atoms with van der Waals surface area (Å²) in [4.78, 5) is 38.3. The Hall–Kier alpha value is -3.81. The third-order valence-corrected chi connectivity index (χ3v) is 6.71. The zero-order chi connectivity index (χ0) is 32.0. The Labute approximate surface area is 249 Å². The van der Waals surface area contributed by atoms with E-state index in [1.165, 1.54) is 34.5 Å². The number of benzene rings is 2. The number of nitrogens with one attached hydrogen (secondary N) is 2. The van der Waals surface area contributed by atoms with Gasteiger partial charge in [0.05, 0.1) is 28.4 Å². The van der Waals surface area contributed by atoms with Gasteiger partial charge in [0.2, 0.25) is 5.75 Å². The Balaban J connectivity index is 0.000000324. The first-order valence-electron chi connectivity index (χ1n) is 13.3. The molecule has 0 spiro atoms. The Morgan fingerprint density at radius 1 is 0.744 bits per heavy atom. The molecule has 2 saturated heterocycles. The van der Waals surface area contributed by atoms with Crippen LogP contribution >= 0.6 is 7.82 Å². The van der Waals surface area contributed by atoms with E-state index in [-0.39, 0.29) is 23.6 Å². The molecule has 2 heterocycles. The lowest BCUT2D eigenvalue weighted by Crippen LogP contribution is -2.29. The Bertz CT molecular complexity index is 1230. The van der Waals surface area contributed by atoms with E-state index in [0.717, 1.165) is 44.3 Å². The van der Waals surface area contributed by atoms with Crippen LogP contribution in [0, 0.1) is 0 Å². The van der Waals surface area contributed by atoms with Gasteiger partial charge in [-0.2, -0.15) is 0 Å². The number of carboxylic acids is 2. The second-order valence-electron chi connectivity index (χ2n) is 9.26.